The highest BCUT2D eigenvalue weighted by Crippen LogP contribution is 2.43. The standard InChI is InChI=1S/C24H36N5S.BrH/c1-26(2)13-7-15-28(5)19-9-11-21-23(17-19)30-24-18-20(10-12-22(24)25-21)29(6)16-8-14-27(3)4;/h9-11,17-18,25H,7-8,13-16H2,1-6H3;1H/q+1;/p-1. The van der Waals surface area contributed by atoms with Gasteiger partial charge in [-0.05, 0) is 84.1 Å². The van der Waals surface area contributed by atoms with Gasteiger partial charge in [-0.3, -0.25) is 0 Å². The van der Waals surface area contributed by atoms with Crippen molar-refractivity contribution in [3.8, 4) is 0 Å². The number of benzene rings is 1. The first-order chi connectivity index (χ1) is 14.3. The van der Waals surface area contributed by atoms with Gasteiger partial charge in [0.15, 0.2) is 4.91 Å². The number of allylic oxidation sites excluding steroid dienone is 3. The van der Waals surface area contributed by atoms with Crippen LogP contribution in [0.1, 0.15) is 12.8 Å². The molecule has 0 aromatic heterocycles. The molecule has 1 aliphatic heterocycles. The maximum absolute atomic E-state index is 3.56. The maximum Gasteiger partial charge on any atom is 0.222 e. The van der Waals surface area contributed by atoms with Crippen molar-refractivity contribution in [1.82, 2.24) is 14.7 Å². The molecule has 1 aromatic rings. The van der Waals surface area contributed by atoms with Crippen molar-refractivity contribution < 1.29 is 17.0 Å². The van der Waals surface area contributed by atoms with Crippen LogP contribution in [0.4, 0.5) is 11.4 Å². The smallest absolute Gasteiger partial charge is 0.222 e. The number of thioether (sulfide) groups is 1. The molecule has 0 spiro atoms. The Morgan fingerprint density at radius 3 is 2.16 bits per heavy atom. The van der Waals surface area contributed by atoms with E-state index in [9.17, 15) is 0 Å². The van der Waals surface area contributed by atoms with E-state index in [-0.39, 0.29) is 17.0 Å². The van der Waals surface area contributed by atoms with Gasteiger partial charge in [-0.25, -0.2) is 0 Å². The highest BCUT2D eigenvalue weighted by atomic mass is 79.9. The fourth-order valence-corrected chi connectivity index (χ4v) is 4.60. The highest BCUT2D eigenvalue weighted by Gasteiger charge is 2.28. The first kappa shape index (κ1) is 25.8. The molecule has 0 radical (unpaired) electrons. The predicted molar refractivity (Wildman–Crippen MR) is 131 cm³/mol. The van der Waals surface area contributed by atoms with Crippen molar-refractivity contribution >= 4 is 23.1 Å². The molecule has 1 N–H and O–H groups in total. The zero-order chi connectivity index (χ0) is 21.7. The molecule has 170 valence electrons. The fraction of sp³-hybridized carbons (Fsp3) is 0.500. The molecule has 0 saturated heterocycles. The van der Waals surface area contributed by atoms with Crippen LogP contribution >= 0.6 is 11.8 Å². The van der Waals surface area contributed by atoms with Crippen molar-refractivity contribution in [2.24, 2.45) is 0 Å². The molecule has 7 heteroatoms. The minimum Gasteiger partial charge on any atom is -1.00 e. The van der Waals surface area contributed by atoms with Crippen molar-refractivity contribution in [3.05, 3.63) is 52.7 Å². The largest absolute Gasteiger partial charge is 1.00 e. The average Bonchev–Trinajstić information content (AvgIpc) is 2.70. The first-order valence-corrected chi connectivity index (χ1v) is 11.5. The quantitative estimate of drug-likeness (QED) is 0.475. The van der Waals surface area contributed by atoms with E-state index in [0.717, 1.165) is 44.7 Å². The molecule has 0 fully saturated rings. The molecular weight excluding hydrogens is 470 g/mol. The van der Waals surface area contributed by atoms with Crippen LogP contribution in [0.25, 0.3) is 0 Å². The van der Waals surface area contributed by atoms with Gasteiger partial charge in [0.1, 0.15) is 11.8 Å². The van der Waals surface area contributed by atoms with Crippen molar-refractivity contribution in [2.45, 2.75) is 17.7 Å². The molecule has 0 atom stereocenters. The number of anilines is 2. The van der Waals surface area contributed by atoms with Crippen LogP contribution in [-0.2, 0) is 0 Å². The van der Waals surface area contributed by atoms with Gasteiger partial charge in [-0.1, -0.05) is 0 Å². The lowest BCUT2D eigenvalue weighted by molar-refractivity contribution is -0.00000630. The van der Waals surface area contributed by atoms with Crippen LogP contribution in [0, 0.1) is 6.08 Å². The molecule has 1 aliphatic carbocycles. The summed E-state index contributed by atoms with van der Waals surface area (Å²) in [5.41, 5.74) is 4.74. The van der Waals surface area contributed by atoms with E-state index in [1.165, 1.54) is 26.9 Å². The highest BCUT2D eigenvalue weighted by molar-refractivity contribution is 8.03. The third-order valence-electron chi connectivity index (χ3n) is 5.41. The van der Waals surface area contributed by atoms with Crippen molar-refractivity contribution in [3.63, 3.8) is 0 Å². The summed E-state index contributed by atoms with van der Waals surface area (Å²) in [6.07, 6.45) is 10.2. The summed E-state index contributed by atoms with van der Waals surface area (Å²) >= 11 is 1.84. The van der Waals surface area contributed by atoms with Crippen LogP contribution in [0.3, 0.4) is 0 Å². The van der Waals surface area contributed by atoms with Crippen LogP contribution < -0.4 is 27.2 Å². The number of likely N-dealkylation sites (N-methyl/N-ethyl adjacent to an activating group) is 1. The minimum absolute atomic E-state index is 0. The zero-order valence-corrected chi connectivity index (χ0v) is 22.1. The summed E-state index contributed by atoms with van der Waals surface area (Å²) in [5.74, 6) is 0. The number of fused-ring (bicyclic) bond motifs is 1. The van der Waals surface area contributed by atoms with E-state index in [1.54, 1.807) is 0 Å². The van der Waals surface area contributed by atoms with Crippen LogP contribution in [0.5, 0.6) is 0 Å². The minimum atomic E-state index is 0. The summed E-state index contributed by atoms with van der Waals surface area (Å²) < 4.78 is 0. The Morgan fingerprint density at radius 1 is 0.871 bits per heavy atom. The van der Waals surface area contributed by atoms with Gasteiger partial charge < -0.3 is 41.9 Å². The number of halogens is 1. The third kappa shape index (κ3) is 7.26. The van der Waals surface area contributed by atoms with Crippen molar-refractivity contribution in [1.29, 1.82) is 0 Å². The Kier molecular flexibility index (Phi) is 9.91. The van der Waals surface area contributed by atoms with Gasteiger partial charge in [0, 0.05) is 32.9 Å². The Bertz CT molecular complexity index is 831. The van der Waals surface area contributed by atoms with E-state index in [0.29, 0.717) is 0 Å². The average molecular weight is 507 g/mol. The van der Waals surface area contributed by atoms with Gasteiger partial charge in [0.25, 0.3) is 0 Å². The van der Waals surface area contributed by atoms with Gasteiger partial charge in [0.05, 0.1) is 22.7 Å². The first-order valence-electron chi connectivity index (χ1n) is 10.7. The molecule has 2 aliphatic rings. The van der Waals surface area contributed by atoms with Crippen LogP contribution in [-0.4, -0.2) is 83.2 Å². The third-order valence-corrected chi connectivity index (χ3v) is 6.51. The number of hydrogen-bond acceptors (Lipinski definition) is 6. The maximum atomic E-state index is 3.56. The summed E-state index contributed by atoms with van der Waals surface area (Å²) in [5, 5.41) is 3.56. The molecule has 31 heavy (non-hydrogen) atoms. The second-order valence-corrected chi connectivity index (χ2v) is 9.75. The Labute approximate surface area is 203 Å². The number of nitrogens with one attached hydrogen (secondary N) is 1. The number of rotatable bonds is 10. The summed E-state index contributed by atoms with van der Waals surface area (Å²) in [4.78, 5) is 11.7. The second kappa shape index (κ2) is 11.9. The molecule has 0 amide bonds. The lowest BCUT2D eigenvalue weighted by Gasteiger charge is -2.24. The van der Waals surface area contributed by atoms with Gasteiger partial charge >= 0.3 is 0 Å². The van der Waals surface area contributed by atoms with Gasteiger partial charge in [-0.2, -0.15) is 0 Å². The molecule has 0 bridgehead atoms. The topological polar surface area (TPSA) is 25.0 Å². The molecule has 0 unspecified atom stereocenters. The lowest BCUT2D eigenvalue weighted by atomic mass is 10.1. The molecular formula is C24H36BrN5S. The van der Waals surface area contributed by atoms with Gasteiger partial charge in [0.2, 0.25) is 5.70 Å². The summed E-state index contributed by atoms with van der Waals surface area (Å²) in [6, 6.07) is 6.71. The van der Waals surface area contributed by atoms with E-state index in [2.05, 4.69) is 104 Å². The molecule has 5 nitrogen and oxygen atoms in total. The van der Waals surface area contributed by atoms with Crippen molar-refractivity contribution in [2.75, 3.05) is 78.7 Å². The summed E-state index contributed by atoms with van der Waals surface area (Å²) in [7, 11) is 12.9. The normalized spacial score (nSPS) is 14.4. The Morgan fingerprint density at radius 2 is 1.52 bits per heavy atom. The predicted octanol–water partition coefficient (Wildman–Crippen LogP) is 0.948. The monoisotopic (exact) mass is 505 g/mol. The van der Waals surface area contributed by atoms with Crippen LogP contribution in [0.2, 0.25) is 0 Å². The van der Waals surface area contributed by atoms with E-state index in [1.807, 2.05) is 11.8 Å². The van der Waals surface area contributed by atoms with Crippen LogP contribution in [0.15, 0.2) is 51.5 Å². The molecule has 1 heterocycles. The lowest BCUT2D eigenvalue weighted by Crippen LogP contribution is -3.00. The van der Waals surface area contributed by atoms with E-state index < -0.39 is 0 Å². The van der Waals surface area contributed by atoms with Gasteiger partial charge in [-0.15, -0.1) is 0 Å². The molecule has 0 saturated carbocycles. The van der Waals surface area contributed by atoms with E-state index >= 15 is 0 Å². The summed E-state index contributed by atoms with van der Waals surface area (Å²) in [6.45, 7) is 4.32. The molecule has 3 rings (SSSR count). The number of nitrogens with zero attached hydrogens (tertiary/aromatic N) is 4. The Hall–Kier alpha value is -1.50. The number of hydrogen-bond donors (Lipinski definition) is 1. The second-order valence-electron chi connectivity index (χ2n) is 8.66. The molecule has 1 aromatic carbocycles. The fourth-order valence-electron chi connectivity index (χ4n) is 3.56. The Balaban J connectivity index is 0.00000341. The SMILES string of the molecule is CN(C)CCCN(C)C1=CC2=C([C+]=C1)Nc1ccc(N(C)CCCN(C)C)cc1S2.[Br-]. The zero-order valence-electron chi connectivity index (χ0n) is 19.7. The van der Waals surface area contributed by atoms with E-state index in [4.69, 9.17) is 0 Å².